The van der Waals surface area contributed by atoms with Gasteiger partial charge in [-0.15, -0.1) is 0 Å². The van der Waals surface area contributed by atoms with Gasteiger partial charge in [0.05, 0.1) is 0 Å². The van der Waals surface area contributed by atoms with Gasteiger partial charge in [-0.2, -0.15) is 0 Å². The lowest BCUT2D eigenvalue weighted by Gasteiger charge is -2.32. The third kappa shape index (κ3) is 5.31. The van der Waals surface area contributed by atoms with Gasteiger partial charge in [-0.25, -0.2) is 4.79 Å². The first-order chi connectivity index (χ1) is 9.42. The molecule has 0 atom stereocenters. The quantitative estimate of drug-likeness (QED) is 0.864. The molecule has 1 N–H and O–H groups in total. The minimum atomic E-state index is -0.406. The Balaban J connectivity index is 1.64. The average molecular weight is 282 g/mol. The predicted molar refractivity (Wildman–Crippen MR) is 80.8 cm³/mol. The minimum absolute atomic E-state index is 0.263. The number of hydrogen-bond acceptors (Lipinski definition) is 3. The molecule has 1 saturated heterocycles. The van der Waals surface area contributed by atoms with Gasteiger partial charge in [0.25, 0.3) is 0 Å². The van der Waals surface area contributed by atoms with E-state index in [1.807, 2.05) is 20.8 Å². The van der Waals surface area contributed by atoms with E-state index in [1.165, 1.54) is 45.3 Å². The molecule has 2 aliphatic rings. The van der Waals surface area contributed by atoms with Crippen LogP contribution in [0.2, 0.25) is 0 Å². The molecule has 0 aromatic heterocycles. The Morgan fingerprint density at radius 3 is 2.30 bits per heavy atom. The van der Waals surface area contributed by atoms with Crippen molar-refractivity contribution in [3.63, 3.8) is 0 Å². The zero-order valence-electron chi connectivity index (χ0n) is 13.3. The second-order valence-electron chi connectivity index (χ2n) is 7.37. The van der Waals surface area contributed by atoms with Crippen LogP contribution < -0.4 is 5.32 Å². The van der Waals surface area contributed by atoms with Crippen LogP contribution in [0.1, 0.15) is 59.3 Å². The van der Waals surface area contributed by atoms with E-state index in [2.05, 4.69) is 10.2 Å². The molecular weight excluding hydrogens is 252 g/mol. The summed E-state index contributed by atoms with van der Waals surface area (Å²) in [6, 6.07) is 0.305. The lowest BCUT2D eigenvalue weighted by molar-refractivity contribution is 0.0484. The Hall–Kier alpha value is -0.770. The van der Waals surface area contributed by atoms with Gasteiger partial charge in [0.2, 0.25) is 0 Å². The highest BCUT2D eigenvalue weighted by atomic mass is 16.6. The Labute approximate surface area is 123 Å². The van der Waals surface area contributed by atoms with Gasteiger partial charge < -0.3 is 15.0 Å². The molecule has 4 nitrogen and oxygen atoms in total. The monoisotopic (exact) mass is 282 g/mol. The number of ether oxygens (including phenoxy) is 1. The maximum atomic E-state index is 11.7. The lowest BCUT2D eigenvalue weighted by atomic mass is 9.86. The van der Waals surface area contributed by atoms with Crippen molar-refractivity contribution in [3.05, 3.63) is 0 Å². The summed E-state index contributed by atoms with van der Waals surface area (Å²) >= 11 is 0. The van der Waals surface area contributed by atoms with Gasteiger partial charge in [0.15, 0.2) is 0 Å². The van der Waals surface area contributed by atoms with Crippen LogP contribution in [-0.2, 0) is 4.74 Å². The van der Waals surface area contributed by atoms with Crippen molar-refractivity contribution >= 4 is 6.09 Å². The third-order valence-electron chi connectivity index (χ3n) is 4.28. The smallest absolute Gasteiger partial charge is 0.407 e. The van der Waals surface area contributed by atoms with Gasteiger partial charge in [-0.05, 0) is 78.3 Å². The van der Waals surface area contributed by atoms with E-state index in [1.54, 1.807) is 0 Å². The van der Waals surface area contributed by atoms with Crippen molar-refractivity contribution in [1.29, 1.82) is 0 Å². The van der Waals surface area contributed by atoms with Crippen molar-refractivity contribution in [3.8, 4) is 0 Å². The fourth-order valence-corrected chi connectivity index (χ4v) is 3.29. The fraction of sp³-hybridized carbons (Fsp3) is 0.938. The van der Waals surface area contributed by atoms with E-state index < -0.39 is 5.60 Å². The number of amides is 1. The molecule has 2 rings (SSSR count). The van der Waals surface area contributed by atoms with Crippen LogP contribution in [-0.4, -0.2) is 42.3 Å². The minimum Gasteiger partial charge on any atom is -0.444 e. The van der Waals surface area contributed by atoms with Crippen molar-refractivity contribution in [2.24, 2.45) is 5.92 Å². The molecule has 0 aromatic carbocycles. The first-order valence-electron chi connectivity index (χ1n) is 8.14. The number of carbonyl (C=O) groups is 1. The molecule has 1 amide bonds. The third-order valence-corrected chi connectivity index (χ3v) is 4.28. The van der Waals surface area contributed by atoms with Gasteiger partial charge in [-0.3, -0.25) is 0 Å². The first kappa shape index (κ1) is 15.6. The highest BCUT2D eigenvalue weighted by Gasteiger charge is 2.26. The zero-order chi connectivity index (χ0) is 14.6. The van der Waals surface area contributed by atoms with Crippen molar-refractivity contribution in [2.45, 2.75) is 70.9 Å². The summed E-state index contributed by atoms with van der Waals surface area (Å²) in [6.45, 7) is 9.55. The Morgan fingerprint density at radius 1 is 1.15 bits per heavy atom. The Bertz CT molecular complexity index is 311. The highest BCUT2D eigenvalue weighted by Crippen LogP contribution is 2.26. The Morgan fingerprint density at radius 2 is 1.75 bits per heavy atom. The molecular formula is C16H30N2O2. The second kappa shape index (κ2) is 6.79. The predicted octanol–water partition coefficient (Wildman–Crippen LogP) is 3.17. The van der Waals surface area contributed by atoms with Gasteiger partial charge in [0, 0.05) is 12.6 Å². The number of rotatable bonds is 3. The van der Waals surface area contributed by atoms with Crippen LogP contribution in [0.3, 0.4) is 0 Å². The topological polar surface area (TPSA) is 41.6 Å². The molecule has 2 fully saturated rings. The summed E-state index contributed by atoms with van der Waals surface area (Å²) in [5, 5.41) is 3.01. The molecule has 0 spiro atoms. The standard InChI is InChI=1S/C16H30N2O2/c1-16(2,3)20-15(19)17-14-8-6-13(7-9-14)12-18-10-4-5-11-18/h13-14H,4-12H2,1-3H3,(H,17,19)/t13-,14-. The molecule has 116 valence electrons. The molecule has 0 radical (unpaired) electrons. The highest BCUT2D eigenvalue weighted by molar-refractivity contribution is 5.68. The molecule has 4 heteroatoms. The van der Waals surface area contributed by atoms with Crippen LogP contribution in [0, 0.1) is 5.92 Å². The maximum absolute atomic E-state index is 11.7. The van der Waals surface area contributed by atoms with Crippen LogP contribution >= 0.6 is 0 Å². The van der Waals surface area contributed by atoms with Gasteiger partial charge >= 0.3 is 6.09 Å². The largest absolute Gasteiger partial charge is 0.444 e. The van der Waals surface area contributed by atoms with E-state index in [9.17, 15) is 4.79 Å². The lowest BCUT2D eigenvalue weighted by Crippen LogP contribution is -2.42. The number of nitrogens with one attached hydrogen (secondary N) is 1. The number of likely N-dealkylation sites (tertiary alicyclic amines) is 1. The second-order valence-corrected chi connectivity index (χ2v) is 7.37. The molecule has 0 aromatic rings. The number of hydrogen-bond donors (Lipinski definition) is 1. The summed E-state index contributed by atoms with van der Waals surface area (Å²) in [6.07, 6.45) is 7.13. The summed E-state index contributed by atoms with van der Waals surface area (Å²) in [5.74, 6) is 0.824. The Kier molecular flexibility index (Phi) is 5.30. The molecule has 1 aliphatic carbocycles. The number of nitrogens with zero attached hydrogens (tertiary/aromatic N) is 1. The normalized spacial score (nSPS) is 28.4. The summed E-state index contributed by atoms with van der Waals surface area (Å²) in [7, 11) is 0. The van der Waals surface area contributed by atoms with Crippen molar-refractivity contribution < 1.29 is 9.53 Å². The van der Waals surface area contributed by atoms with Gasteiger partial charge in [0.1, 0.15) is 5.60 Å². The SMILES string of the molecule is CC(C)(C)OC(=O)N[C@H]1CC[C@H](CN2CCCC2)CC1. The van der Waals surface area contributed by atoms with E-state index in [0.29, 0.717) is 6.04 Å². The van der Waals surface area contributed by atoms with Crippen LogP contribution in [0.25, 0.3) is 0 Å². The molecule has 0 bridgehead atoms. The summed E-state index contributed by atoms with van der Waals surface area (Å²) in [4.78, 5) is 14.3. The maximum Gasteiger partial charge on any atom is 0.407 e. The van der Waals surface area contributed by atoms with E-state index in [-0.39, 0.29) is 6.09 Å². The number of carbonyl (C=O) groups excluding carboxylic acids is 1. The van der Waals surface area contributed by atoms with Gasteiger partial charge in [-0.1, -0.05) is 0 Å². The summed E-state index contributed by atoms with van der Waals surface area (Å²) < 4.78 is 5.32. The van der Waals surface area contributed by atoms with Crippen molar-refractivity contribution in [1.82, 2.24) is 10.2 Å². The van der Waals surface area contributed by atoms with Crippen LogP contribution in [0.15, 0.2) is 0 Å². The van der Waals surface area contributed by atoms with E-state index in [4.69, 9.17) is 4.74 Å². The molecule has 0 unspecified atom stereocenters. The first-order valence-corrected chi connectivity index (χ1v) is 8.14. The average Bonchev–Trinajstić information content (AvgIpc) is 2.82. The molecule has 1 heterocycles. The zero-order valence-corrected chi connectivity index (χ0v) is 13.3. The molecule has 1 saturated carbocycles. The van der Waals surface area contributed by atoms with Crippen LogP contribution in [0.5, 0.6) is 0 Å². The summed E-state index contributed by atoms with van der Waals surface area (Å²) in [5.41, 5.74) is -0.406. The number of alkyl carbamates (subject to hydrolysis) is 1. The molecule has 20 heavy (non-hydrogen) atoms. The fourth-order valence-electron chi connectivity index (χ4n) is 3.29. The molecule has 1 aliphatic heterocycles. The van der Waals surface area contributed by atoms with E-state index >= 15 is 0 Å². The van der Waals surface area contributed by atoms with Crippen LogP contribution in [0.4, 0.5) is 4.79 Å². The van der Waals surface area contributed by atoms with E-state index in [0.717, 1.165) is 18.8 Å². The van der Waals surface area contributed by atoms with Crippen molar-refractivity contribution in [2.75, 3.05) is 19.6 Å².